The lowest BCUT2D eigenvalue weighted by Gasteiger charge is -2.11. The van der Waals surface area contributed by atoms with Gasteiger partial charge >= 0.3 is 11.9 Å². The van der Waals surface area contributed by atoms with Crippen LogP contribution in [-0.4, -0.2) is 42.3 Å². The molecule has 0 amide bonds. The van der Waals surface area contributed by atoms with Gasteiger partial charge in [0.1, 0.15) is 5.75 Å². The molecule has 0 aliphatic carbocycles. The number of hydrogen-bond donors (Lipinski definition) is 1. The molecular formula is C12H11NO6S2. The molecule has 7 nitrogen and oxygen atoms in total. The number of carboxylic acid groups (broad SMARTS) is 1. The molecule has 21 heavy (non-hydrogen) atoms. The highest BCUT2D eigenvalue weighted by Crippen LogP contribution is 2.26. The van der Waals surface area contributed by atoms with Crippen LogP contribution < -0.4 is 0 Å². The van der Waals surface area contributed by atoms with Crippen LogP contribution in [0.5, 0.6) is 0 Å². The maximum atomic E-state index is 12.2. The molecule has 2 aromatic rings. The van der Waals surface area contributed by atoms with Crippen LogP contribution in [-0.2, 0) is 24.2 Å². The van der Waals surface area contributed by atoms with Crippen LogP contribution in [0.25, 0.3) is 10.2 Å². The van der Waals surface area contributed by atoms with Gasteiger partial charge in [-0.2, -0.15) is 0 Å². The van der Waals surface area contributed by atoms with Gasteiger partial charge in [0.05, 0.1) is 10.2 Å². The third-order valence-corrected chi connectivity index (χ3v) is 5.70. The van der Waals surface area contributed by atoms with Crippen LogP contribution in [0, 0.1) is 0 Å². The van der Waals surface area contributed by atoms with Crippen molar-refractivity contribution >= 4 is 43.3 Å². The number of thiazole rings is 1. The van der Waals surface area contributed by atoms with Crippen molar-refractivity contribution < 1.29 is 27.9 Å². The van der Waals surface area contributed by atoms with Gasteiger partial charge in [0, 0.05) is 6.92 Å². The summed E-state index contributed by atoms with van der Waals surface area (Å²) in [4.78, 5) is 25.8. The van der Waals surface area contributed by atoms with Gasteiger partial charge in [-0.3, -0.25) is 4.79 Å². The number of benzene rings is 1. The first-order chi connectivity index (χ1) is 9.79. The van der Waals surface area contributed by atoms with Gasteiger partial charge in [-0.15, -0.1) is 11.3 Å². The molecule has 0 aliphatic heterocycles. The number of ether oxygens (including phenoxy) is 1. The fraction of sp³-hybridized carbons (Fsp3) is 0.250. The van der Waals surface area contributed by atoms with Crippen LogP contribution in [0.2, 0.25) is 0 Å². The van der Waals surface area contributed by atoms with Crippen LogP contribution >= 0.6 is 11.3 Å². The maximum Gasteiger partial charge on any atom is 0.346 e. The van der Waals surface area contributed by atoms with Crippen molar-refractivity contribution in [2.45, 2.75) is 17.4 Å². The normalized spacial score (nSPS) is 13.0. The molecular weight excluding hydrogens is 318 g/mol. The molecule has 1 atom stereocenters. The van der Waals surface area contributed by atoms with Gasteiger partial charge in [-0.1, -0.05) is 12.1 Å². The number of esters is 1. The van der Waals surface area contributed by atoms with Crippen LogP contribution in [0.1, 0.15) is 6.92 Å². The molecule has 1 heterocycles. The molecule has 0 aliphatic rings. The first-order valence-corrected chi connectivity index (χ1v) is 8.25. The molecule has 1 unspecified atom stereocenters. The smallest absolute Gasteiger partial charge is 0.346 e. The van der Waals surface area contributed by atoms with E-state index in [-0.39, 0.29) is 4.34 Å². The number of aromatic nitrogens is 1. The minimum absolute atomic E-state index is 0.192. The van der Waals surface area contributed by atoms with Gasteiger partial charge in [-0.05, 0) is 12.1 Å². The zero-order chi connectivity index (χ0) is 15.6. The van der Waals surface area contributed by atoms with E-state index >= 15 is 0 Å². The number of carbonyl (C=O) groups excluding carboxylic acids is 1. The predicted octanol–water partition coefficient (Wildman–Crippen LogP) is 1.09. The predicted molar refractivity (Wildman–Crippen MR) is 74.9 cm³/mol. The summed E-state index contributed by atoms with van der Waals surface area (Å²) in [5.41, 5.74) is 0.514. The lowest BCUT2D eigenvalue weighted by Crippen LogP contribution is -2.33. The summed E-state index contributed by atoms with van der Waals surface area (Å²) in [5, 5.41) is 8.91. The second-order valence-electron chi connectivity index (χ2n) is 4.17. The van der Waals surface area contributed by atoms with Crippen molar-refractivity contribution in [2.24, 2.45) is 0 Å². The fourth-order valence-electron chi connectivity index (χ4n) is 1.61. The zero-order valence-corrected chi connectivity index (χ0v) is 12.5. The molecule has 0 fully saturated rings. The molecule has 1 N–H and O–H groups in total. The Hall–Kier alpha value is -2.00. The highest BCUT2D eigenvalue weighted by atomic mass is 32.2. The van der Waals surface area contributed by atoms with Crippen molar-refractivity contribution in [3.05, 3.63) is 24.3 Å². The summed E-state index contributed by atoms with van der Waals surface area (Å²) in [6.07, 6.45) is -1.75. The lowest BCUT2D eigenvalue weighted by molar-refractivity contribution is -0.160. The van der Waals surface area contributed by atoms with E-state index < -0.39 is 33.6 Å². The third kappa shape index (κ3) is 3.56. The number of carbonyl (C=O) groups is 2. The quantitative estimate of drug-likeness (QED) is 0.817. The first-order valence-electron chi connectivity index (χ1n) is 5.78. The molecule has 0 bridgehead atoms. The van der Waals surface area contributed by atoms with E-state index in [9.17, 15) is 18.0 Å². The molecule has 0 spiro atoms. The summed E-state index contributed by atoms with van der Waals surface area (Å²) in [6, 6.07) is 6.84. The van der Waals surface area contributed by atoms with Gasteiger partial charge < -0.3 is 9.84 Å². The van der Waals surface area contributed by atoms with Crippen molar-refractivity contribution in [3.63, 3.8) is 0 Å². The van der Waals surface area contributed by atoms with Gasteiger partial charge in [0.25, 0.3) is 0 Å². The standard InChI is InChI=1S/C12H11NO6S2/c1-7(14)19-9(11(15)16)6-21(17,18)12-13-8-4-2-3-5-10(8)20-12/h2-5,9H,6H2,1H3,(H,15,16). The largest absolute Gasteiger partial charge is 0.478 e. The van der Waals surface area contributed by atoms with Crippen molar-refractivity contribution in [1.29, 1.82) is 0 Å². The monoisotopic (exact) mass is 329 g/mol. The van der Waals surface area contributed by atoms with E-state index in [2.05, 4.69) is 9.72 Å². The number of para-hydroxylation sites is 1. The number of fused-ring (bicyclic) bond motifs is 1. The van der Waals surface area contributed by atoms with Crippen LogP contribution in [0.4, 0.5) is 0 Å². The average Bonchev–Trinajstić information content (AvgIpc) is 2.81. The van der Waals surface area contributed by atoms with Gasteiger partial charge in [0.2, 0.25) is 20.3 Å². The lowest BCUT2D eigenvalue weighted by atomic mass is 10.3. The summed E-state index contributed by atoms with van der Waals surface area (Å²) in [5.74, 6) is -3.22. The second kappa shape index (κ2) is 5.78. The van der Waals surface area contributed by atoms with Crippen LogP contribution in [0.3, 0.4) is 0 Å². The highest BCUT2D eigenvalue weighted by molar-refractivity contribution is 7.93. The highest BCUT2D eigenvalue weighted by Gasteiger charge is 2.31. The Morgan fingerprint density at radius 1 is 1.38 bits per heavy atom. The van der Waals surface area contributed by atoms with E-state index in [1.807, 2.05) is 0 Å². The number of hydrogen-bond acceptors (Lipinski definition) is 7. The minimum Gasteiger partial charge on any atom is -0.478 e. The number of carboxylic acids is 1. The summed E-state index contributed by atoms with van der Waals surface area (Å²) < 4.78 is 29.4. The number of aliphatic carboxylic acids is 1. The number of rotatable bonds is 5. The topological polar surface area (TPSA) is 111 Å². The van der Waals surface area contributed by atoms with E-state index in [0.29, 0.717) is 10.2 Å². The van der Waals surface area contributed by atoms with Gasteiger partial charge in [0.15, 0.2) is 0 Å². The second-order valence-corrected chi connectivity index (χ2v) is 7.40. The zero-order valence-electron chi connectivity index (χ0n) is 10.8. The van der Waals surface area contributed by atoms with Crippen LogP contribution in [0.15, 0.2) is 28.6 Å². The van der Waals surface area contributed by atoms with E-state index in [0.717, 1.165) is 18.3 Å². The number of nitrogens with zero attached hydrogens (tertiary/aromatic N) is 1. The Bertz CT molecular complexity index is 762. The van der Waals surface area contributed by atoms with Gasteiger partial charge in [-0.25, -0.2) is 18.2 Å². The molecule has 2 rings (SSSR count). The summed E-state index contributed by atoms with van der Waals surface area (Å²) in [6.45, 7) is 1.01. The molecule has 1 aromatic carbocycles. The average molecular weight is 329 g/mol. The SMILES string of the molecule is CC(=O)OC(CS(=O)(=O)c1nc2ccccc2s1)C(=O)O. The third-order valence-electron chi connectivity index (χ3n) is 2.49. The molecule has 0 saturated heterocycles. The Morgan fingerprint density at radius 3 is 2.62 bits per heavy atom. The Morgan fingerprint density at radius 2 is 2.05 bits per heavy atom. The fourth-order valence-corrected chi connectivity index (χ4v) is 4.28. The van der Waals surface area contributed by atoms with E-state index in [4.69, 9.17) is 5.11 Å². The molecule has 9 heteroatoms. The molecule has 0 radical (unpaired) electrons. The molecule has 112 valence electrons. The van der Waals surface area contributed by atoms with E-state index in [1.54, 1.807) is 24.3 Å². The van der Waals surface area contributed by atoms with Crippen molar-refractivity contribution in [2.75, 3.05) is 5.75 Å². The Balaban J connectivity index is 2.32. The van der Waals surface area contributed by atoms with Crippen molar-refractivity contribution in [1.82, 2.24) is 4.98 Å². The molecule has 0 saturated carbocycles. The first kappa shape index (κ1) is 15.4. The minimum atomic E-state index is -3.96. The summed E-state index contributed by atoms with van der Waals surface area (Å²) in [7, 11) is -3.96. The Kier molecular flexibility index (Phi) is 4.24. The maximum absolute atomic E-state index is 12.2. The molecule has 1 aromatic heterocycles. The van der Waals surface area contributed by atoms with Crippen molar-refractivity contribution in [3.8, 4) is 0 Å². The van der Waals surface area contributed by atoms with E-state index in [1.165, 1.54) is 0 Å². The summed E-state index contributed by atoms with van der Waals surface area (Å²) >= 11 is 0.944. The number of sulfone groups is 1. The Labute approximate surface area is 124 Å².